The van der Waals surface area contributed by atoms with Crippen LogP contribution in [0.1, 0.15) is 30.1 Å². The Kier molecular flexibility index (Phi) is 8.77. The van der Waals surface area contributed by atoms with E-state index in [-0.39, 0.29) is 0 Å². The van der Waals surface area contributed by atoms with E-state index in [2.05, 4.69) is 15.4 Å². The molecule has 1 fully saturated rings. The molecule has 0 aliphatic carbocycles. The lowest BCUT2D eigenvalue weighted by Crippen LogP contribution is -2.70. The minimum Gasteiger partial charge on any atom is -0.448 e. The first kappa shape index (κ1) is 29.4. The Balaban J connectivity index is 1.70. The van der Waals surface area contributed by atoms with Crippen molar-refractivity contribution < 1.29 is 40.1 Å². The first-order chi connectivity index (χ1) is 18.9. The minimum atomic E-state index is -6.15. The monoisotopic (exact) mass is 610 g/mol. The molecule has 0 spiro atoms. The summed E-state index contributed by atoms with van der Waals surface area (Å²) < 4.78 is 73.3. The predicted octanol–water partition coefficient (Wildman–Crippen LogP) is 4.01. The zero-order valence-electron chi connectivity index (χ0n) is 20.5. The molecule has 2 aliphatic heterocycles. The van der Waals surface area contributed by atoms with E-state index in [0.717, 1.165) is 16.7 Å². The molecule has 40 heavy (non-hydrogen) atoms. The van der Waals surface area contributed by atoms with Crippen molar-refractivity contribution in [1.29, 1.82) is 0 Å². The molecule has 4 rings (SSSR count). The predicted molar refractivity (Wildman–Crippen MR) is 145 cm³/mol. The van der Waals surface area contributed by atoms with Crippen molar-refractivity contribution in [2.45, 2.75) is 35.9 Å². The van der Waals surface area contributed by atoms with Gasteiger partial charge in [0.05, 0.1) is 10.7 Å². The minimum absolute atomic E-state index is 0.291. The van der Waals surface area contributed by atoms with E-state index in [1.807, 2.05) is 0 Å². The van der Waals surface area contributed by atoms with E-state index in [1.165, 1.54) is 0 Å². The number of esters is 1. The number of halogens is 3. The fourth-order valence-electron chi connectivity index (χ4n) is 4.00. The molecular weight excluding hydrogens is 589 g/mol. The van der Waals surface area contributed by atoms with Crippen LogP contribution >= 0.6 is 24.0 Å². The number of rotatable bonds is 9. The SMILES string of the molecule is C#CCCC(=S)NC1C(=O)N2C(C(=O)OC(c3ccccc3)c3ccccc3)=C(OS(=O)(=O)C(F)(F)F)CS[C@H]12. The van der Waals surface area contributed by atoms with Crippen molar-refractivity contribution in [2.24, 2.45) is 0 Å². The van der Waals surface area contributed by atoms with E-state index < -0.39 is 62.2 Å². The molecule has 1 unspecified atom stereocenters. The van der Waals surface area contributed by atoms with Gasteiger partial charge in [-0.1, -0.05) is 72.9 Å². The summed E-state index contributed by atoms with van der Waals surface area (Å²) in [6.45, 7) is 0. The van der Waals surface area contributed by atoms with Crippen LogP contribution in [0, 0.1) is 12.3 Å². The highest BCUT2D eigenvalue weighted by molar-refractivity contribution is 8.00. The van der Waals surface area contributed by atoms with E-state index in [0.29, 0.717) is 29.0 Å². The number of β-lactam (4-membered cyclic amide) rings is 1. The second-order valence-corrected chi connectivity index (χ2v) is 11.7. The van der Waals surface area contributed by atoms with E-state index >= 15 is 0 Å². The molecule has 2 aromatic rings. The molecule has 2 heterocycles. The third-order valence-corrected chi connectivity index (χ3v) is 8.43. The Morgan fingerprint density at radius 1 is 1.15 bits per heavy atom. The Labute approximate surface area is 238 Å². The molecule has 8 nitrogen and oxygen atoms in total. The number of thioether (sulfide) groups is 1. The van der Waals surface area contributed by atoms with Crippen molar-refractivity contribution in [3.63, 3.8) is 0 Å². The van der Waals surface area contributed by atoms with Crippen LogP contribution in [0.2, 0.25) is 0 Å². The van der Waals surface area contributed by atoms with Gasteiger partial charge in [0.1, 0.15) is 11.4 Å². The van der Waals surface area contributed by atoms with Gasteiger partial charge in [-0.25, -0.2) is 4.79 Å². The number of hydrogen-bond donors (Lipinski definition) is 1. The van der Waals surface area contributed by atoms with Crippen molar-refractivity contribution in [1.82, 2.24) is 10.2 Å². The van der Waals surface area contributed by atoms with Crippen LogP contribution in [0.15, 0.2) is 72.1 Å². The first-order valence-electron chi connectivity index (χ1n) is 11.7. The van der Waals surface area contributed by atoms with Gasteiger partial charge in [-0.15, -0.1) is 24.1 Å². The molecule has 2 aromatic carbocycles. The second-order valence-electron chi connectivity index (χ2n) is 8.52. The van der Waals surface area contributed by atoms with Crippen LogP contribution in [0.25, 0.3) is 0 Å². The number of amides is 1. The smallest absolute Gasteiger partial charge is 0.448 e. The summed E-state index contributed by atoms with van der Waals surface area (Å²) in [5.41, 5.74) is -5.43. The van der Waals surface area contributed by atoms with Gasteiger partial charge in [-0.2, -0.15) is 21.6 Å². The Morgan fingerprint density at radius 3 is 2.25 bits per heavy atom. The molecule has 14 heteroatoms. The molecule has 210 valence electrons. The number of ether oxygens (including phenoxy) is 1. The molecule has 1 N–H and O–H groups in total. The molecule has 1 saturated heterocycles. The molecular formula is C26H21F3N2O6S3. The normalized spacial score (nSPS) is 18.9. The number of carbonyl (C=O) groups excluding carboxylic acids is 2. The number of benzene rings is 2. The van der Waals surface area contributed by atoms with Crippen LogP contribution in [0.4, 0.5) is 13.2 Å². The molecule has 2 aliphatic rings. The van der Waals surface area contributed by atoms with Gasteiger partial charge < -0.3 is 14.2 Å². The van der Waals surface area contributed by atoms with Crippen LogP contribution in [-0.2, 0) is 28.6 Å². The second kappa shape index (κ2) is 11.9. The maximum Gasteiger partial charge on any atom is 0.534 e. The maximum atomic E-state index is 13.6. The van der Waals surface area contributed by atoms with Crippen molar-refractivity contribution in [3.05, 3.63) is 83.2 Å². The Hall–Kier alpha value is -3.54. The molecule has 0 saturated carbocycles. The number of fused-ring (bicyclic) bond motifs is 1. The summed E-state index contributed by atoms with van der Waals surface area (Å²) in [6.07, 6.45) is 4.83. The number of carbonyl (C=O) groups is 2. The van der Waals surface area contributed by atoms with Gasteiger partial charge in [0, 0.05) is 12.8 Å². The average molecular weight is 611 g/mol. The van der Waals surface area contributed by atoms with Crippen molar-refractivity contribution in [3.8, 4) is 12.3 Å². The highest BCUT2D eigenvalue weighted by Gasteiger charge is 2.57. The van der Waals surface area contributed by atoms with E-state index in [4.69, 9.17) is 23.4 Å². The quantitative estimate of drug-likeness (QED) is 0.113. The molecule has 0 radical (unpaired) electrons. The van der Waals surface area contributed by atoms with Crippen LogP contribution in [-0.4, -0.2) is 52.9 Å². The fourth-order valence-corrected chi connectivity index (χ4v) is 6.06. The van der Waals surface area contributed by atoms with Gasteiger partial charge in [0.2, 0.25) is 0 Å². The summed E-state index contributed by atoms with van der Waals surface area (Å²) in [5.74, 6) is -0.884. The number of terminal acetylenes is 1. The number of alkyl halides is 3. The van der Waals surface area contributed by atoms with Gasteiger partial charge in [0.15, 0.2) is 17.6 Å². The number of thiocarbonyl (C=S) groups is 1. The Morgan fingerprint density at radius 2 is 1.73 bits per heavy atom. The summed E-state index contributed by atoms with van der Waals surface area (Å²) in [4.78, 5) is 27.9. The zero-order valence-corrected chi connectivity index (χ0v) is 22.9. The summed E-state index contributed by atoms with van der Waals surface area (Å²) in [6, 6.07) is 16.1. The largest absolute Gasteiger partial charge is 0.534 e. The third-order valence-electron chi connectivity index (χ3n) is 5.86. The van der Waals surface area contributed by atoms with Gasteiger partial charge >= 0.3 is 21.6 Å². The highest BCUT2D eigenvalue weighted by Crippen LogP contribution is 2.43. The molecule has 0 aromatic heterocycles. The lowest BCUT2D eigenvalue weighted by Gasteiger charge is -2.49. The Bertz CT molecular complexity index is 1430. The number of nitrogens with zero attached hydrogens (tertiary/aromatic N) is 1. The van der Waals surface area contributed by atoms with Crippen LogP contribution in [0.5, 0.6) is 0 Å². The maximum absolute atomic E-state index is 13.6. The van der Waals surface area contributed by atoms with Crippen molar-refractivity contribution >= 4 is 51.0 Å². The number of nitrogens with one attached hydrogen (secondary N) is 1. The van der Waals surface area contributed by atoms with E-state index in [9.17, 15) is 31.2 Å². The summed E-state index contributed by atoms with van der Waals surface area (Å²) in [7, 11) is -6.15. The third kappa shape index (κ3) is 6.11. The fraction of sp³-hybridized carbons (Fsp3) is 0.269. The van der Waals surface area contributed by atoms with E-state index in [1.54, 1.807) is 60.7 Å². The van der Waals surface area contributed by atoms with Crippen LogP contribution < -0.4 is 5.32 Å². The lowest BCUT2D eigenvalue weighted by molar-refractivity contribution is -0.153. The highest BCUT2D eigenvalue weighted by atomic mass is 32.2. The molecule has 0 bridgehead atoms. The van der Waals surface area contributed by atoms with Crippen LogP contribution in [0.3, 0.4) is 0 Å². The topological polar surface area (TPSA) is 102 Å². The molecule has 2 atom stereocenters. The number of hydrogen-bond acceptors (Lipinski definition) is 8. The standard InChI is InChI=1S/C26H21F3N2O6S3/c1-2-3-14-19(38)30-20-23(32)31-21(18(15-39-24(20)31)37-40(34,35)26(27,28)29)25(33)36-22(16-10-6-4-7-11-16)17-12-8-5-9-13-17/h1,4-13,20,22,24H,3,14-15H2,(H,30,38)/t20?,24-/m1/s1. The zero-order chi connectivity index (χ0) is 29.1. The van der Waals surface area contributed by atoms with Crippen molar-refractivity contribution in [2.75, 3.05) is 5.75 Å². The van der Waals surface area contributed by atoms with Gasteiger partial charge in [-0.3, -0.25) is 9.69 Å². The first-order valence-corrected chi connectivity index (χ1v) is 14.5. The average Bonchev–Trinajstić information content (AvgIpc) is 2.93. The van der Waals surface area contributed by atoms with Gasteiger partial charge in [0.25, 0.3) is 5.91 Å². The summed E-state index contributed by atoms with van der Waals surface area (Å²) >= 11 is 6.11. The van der Waals surface area contributed by atoms with Gasteiger partial charge in [-0.05, 0) is 11.1 Å². The lowest BCUT2D eigenvalue weighted by atomic mass is 10.0. The summed E-state index contributed by atoms with van der Waals surface area (Å²) in [5, 5.41) is 2.05. The molecule has 1 amide bonds.